The van der Waals surface area contributed by atoms with Crippen LogP contribution in [0, 0.1) is 5.41 Å². The number of rotatable bonds is 4. The first-order valence-corrected chi connectivity index (χ1v) is 8.39. The van der Waals surface area contributed by atoms with Crippen molar-refractivity contribution in [1.29, 1.82) is 0 Å². The molecule has 0 radical (unpaired) electrons. The van der Waals surface area contributed by atoms with Gasteiger partial charge in [0.1, 0.15) is 5.60 Å². The Bertz CT molecular complexity index is 499. The topological polar surface area (TPSA) is 70.2 Å². The van der Waals surface area contributed by atoms with Crippen molar-refractivity contribution in [2.75, 3.05) is 19.6 Å². The van der Waals surface area contributed by atoms with Gasteiger partial charge >= 0.3 is 6.09 Å². The Morgan fingerprint density at radius 3 is 2.65 bits per heavy atom. The number of aromatic nitrogens is 2. The molecule has 0 saturated carbocycles. The summed E-state index contributed by atoms with van der Waals surface area (Å²) in [4.78, 5) is 13.9. The van der Waals surface area contributed by atoms with Crippen LogP contribution in [0.25, 0.3) is 0 Å². The van der Waals surface area contributed by atoms with Crippen molar-refractivity contribution in [1.82, 2.24) is 20.4 Å². The first-order valence-electron chi connectivity index (χ1n) is 8.39. The van der Waals surface area contributed by atoms with Gasteiger partial charge in [-0.25, -0.2) is 4.79 Å². The van der Waals surface area contributed by atoms with Crippen LogP contribution in [0.4, 0.5) is 4.79 Å². The van der Waals surface area contributed by atoms with Gasteiger partial charge in [0.15, 0.2) is 0 Å². The molecule has 2 rings (SSSR count). The Hall–Kier alpha value is -1.56. The van der Waals surface area contributed by atoms with E-state index in [4.69, 9.17) is 4.74 Å². The molecule has 0 bridgehead atoms. The van der Waals surface area contributed by atoms with Crippen LogP contribution in [0.5, 0.6) is 0 Å². The van der Waals surface area contributed by atoms with Crippen LogP contribution in [0.15, 0.2) is 12.3 Å². The molecule has 1 aromatic rings. The first-order chi connectivity index (χ1) is 10.7. The van der Waals surface area contributed by atoms with Crippen LogP contribution < -0.4 is 5.32 Å². The number of amides is 1. The maximum Gasteiger partial charge on any atom is 0.410 e. The lowest BCUT2D eigenvalue weighted by molar-refractivity contribution is 0.0117. The molecule has 0 aliphatic carbocycles. The minimum atomic E-state index is -0.432. The zero-order valence-electron chi connectivity index (χ0n) is 15.0. The monoisotopic (exact) mass is 322 g/mol. The lowest BCUT2D eigenvalue weighted by Crippen LogP contribution is -2.47. The summed E-state index contributed by atoms with van der Waals surface area (Å²) in [5.74, 6) is 0. The minimum absolute atomic E-state index is 0.196. The van der Waals surface area contributed by atoms with E-state index in [9.17, 15) is 4.79 Å². The predicted octanol–water partition coefficient (Wildman–Crippen LogP) is 3.10. The number of nitrogens with zero attached hydrogens (tertiary/aromatic N) is 2. The number of piperidine rings is 1. The normalized spacial score (nSPS) is 19.4. The fraction of sp³-hybridized carbons (Fsp3) is 0.765. The highest BCUT2D eigenvalue weighted by Crippen LogP contribution is 2.31. The van der Waals surface area contributed by atoms with Crippen molar-refractivity contribution in [3.05, 3.63) is 18.0 Å². The van der Waals surface area contributed by atoms with E-state index in [1.54, 1.807) is 6.20 Å². The molecule has 6 heteroatoms. The number of likely N-dealkylation sites (tertiary alicyclic amines) is 1. The fourth-order valence-corrected chi connectivity index (χ4v) is 2.75. The van der Waals surface area contributed by atoms with Crippen molar-refractivity contribution in [3.63, 3.8) is 0 Å². The van der Waals surface area contributed by atoms with Gasteiger partial charge in [0.25, 0.3) is 0 Å². The first kappa shape index (κ1) is 17.8. The van der Waals surface area contributed by atoms with Crippen LogP contribution in [0.3, 0.4) is 0 Å². The molecule has 1 fully saturated rings. The standard InChI is InChI=1S/C17H30N4O2/c1-13(14-6-9-19-20-14)18-12-17(5)7-10-21(11-8-17)15(22)23-16(2,3)4/h6,9,13,18H,7-8,10-12H2,1-5H3,(H,19,20). The number of ether oxygens (including phenoxy) is 1. The zero-order chi connectivity index (χ0) is 17.1. The van der Waals surface area contributed by atoms with E-state index in [0.717, 1.165) is 38.2 Å². The van der Waals surface area contributed by atoms with E-state index >= 15 is 0 Å². The van der Waals surface area contributed by atoms with E-state index in [1.807, 2.05) is 31.7 Å². The summed E-state index contributed by atoms with van der Waals surface area (Å²) in [5.41, 5.74) is 0.867. The number of H-pyrrole nitrogens is 1. The Kier molecular flexibility index (Phi) is 5.34. The molecule has 1 aliphatic rings. The molecule has 1 amide bonds. The van der Waals surface area contributed by atoms with Gasteiger partial charge in [-0.15, -0.1) is 0 Å². The van der Waals surface area contributed by atoms with Crippen molar-refractivity contribution in [2.24, 2.45) is 5.41 Å². The highest BCUT2D eigenvalue weighted by atomic mass is 16.6. The molecule has 2 heterocycles. The van der Waals surface area contributed by atoms with Gasteiger partial charge in [-0.05, 0) is 52.0 Å². The summed E-state index contributed by atoms with van der Waals surface area (Å²) < 4.78 is 5.45. The molecular weight excluding hydrogens is 292 g/mol. The van der Waals surface area contributed by atoms with Gasteiger partial charge < -0.3 is 15.0 Å². The van der Waals surface area contributed by atoms with Crippen molar-refractivity contribution < 1.29 is 9.53 Å². The largest absolute Gasteiger partial charge is 0.444 e. The van der Waals surface area contributed by atoms with Gasteiger partial charge in [0, 0.05) is 31.9 Å². The Labute approximate surface area is 139 Å². The molecule has 1 aromatic heterocycles. The Morgan fingerprint density at radius 1 is 1.48 bits per heavy atom. The van der Waals surface area contributed by atoms with Crippen molar-refractivity contribution >= 4 is 6.09 Å². The van der Waals surface area contributed by atoms with E-state index in [2.05, 4.69) is 29.4 Å². The minimum Gasteiger partial charge on any atom is -0.444 e. The summed E-state index contributed by atoms with van der Waals surface area (Å²) in [6.07, 6.45) is 3.54. The highest BCUT2D eigenvalue weighted by Gasteiger charge is 2.33. The van der Waals surface area contributed by atoms with Crippen LogP contribution in [0.1, 0.15) is 59.2 Å². The highest BCUT2D eigenvalue weighted by molar-refractivity contribution is 5.68. The summed E-state index contributed by atoms with van der Waals surface area (Å²) in [5, 5.41) is 10.6. The molecule has 1 aliphatic heterocycles. The maximum absolute atomic E-state index is 12.1. The van der Waals surface area contributed by atoms with E-state index in [0.29, 0.717) is 0 Å². The molecule has 1 saturated heterocycles. The Balaban J connectivity index is 1.79. The fourth-order valence-electron chi connectivity index (χ4n) is 2.75. The maximum atomic E-state index is 12.1. The molecule has 130 valence electrons. The summed E-state index contributed by atoms with van der Waals surface area (Å²) in [7, 11) is 0. The number of hydrogen-bond acceptors (Lipinski definition) is 4. The van der Waals surface area contributed by atoms with Crippen LogP contribution >= 0.6 is 0 Å². The molecule has 0 aromatic carbocycles. The second-order valence-electron chi connectivity index (χ2n) is 7.89. The molecule has 1 atom stereocenters. The van der Waals surface area contributed by atoms with Gasteiger partial charge in [0.05, 0.1) is 5.69 Å². The van der Waals surface area contributed by atoms with E-state index in [1.165, 1.54) is 0 Å². The average Bonchev–Trinajstić information content (AvgIpc) is 2.98. The molecular formula is C17H30N4O2. The summed E-state index contributed by atoms with van der Waals surface area (Å²) in [6.45, 7) is 12.6. The van der Waals surface area contributed by atoms with E-state index < -0.39 is 5.60 Å². The zero-order valence-corrected chi connectivity index (χ0v) is 15.0. The predicted molar refractivity (Wildman–Crippen MR) is 90.2 cm³/mol. The van der Waals surface area contributed by atoms with Gasteiger partial charge in [-0.2, -0.15) is 5.10 Å². The SMILES string of the molecule is CC(NCC1(C)CCN(C(=O)OC(C)(C)C)CC1)c1ccn[nH]1. The number of nitrogens with one attached hydrogen (secondary N) is 2. The lowest BCUT2D eigenvalue weighted by atomic mass is 9.80. The van der Waals surface area contributed by atoms with Crippen molar-refractivity contribution in [2.45, 2.75) is 59.1 Å². The Morgan fingerprint density at radius 2 is 2.13 bits per heavy atom. The lowest BCUT2D eigenvalue weighted by Gasteiger charge is -2.40. The summed E-state index contributed by atoms with van der Waals surface area (Å²) in [6, 6.07) is 2.24. The van der Waals surface area contributed by atoms with Gasteiger partial charge in [0.2, 0.25) is 0 Å². The molecule has 23 heavy (non-hydrogen) atoms. The second-order valence-corrected chi connectivity index (χ2v) is 7.89. The van der Waals surface area contributed by atoms with Crippen LogP contribution in [-0.4, -0.2) is 46.4 Å². The molecule has 6 nitrogen and oxygen atoms in total. The number of aromatic amines is 1. The van der Waals surface area contributed by atoms with Crippen molar-refractivity contribution in [3.8, 4) is 0 Å². The molecule has 2 N–H and O–H groups in total. The third-order valence-electron chi connectivity index (χ3n) is 4.45. The third-order valence-corrected chi connectivity index (χ3v) is 4.45. The summed E-state index contributed by atoms with van der Waals surface area (Å²) >= 11 is 0. The van der Waals surface area contributed by atoms with Gasteiger partial charge in [-0.3, -0.25) is 5.10 Å². The number of carbonyl (C=O) groups is 1. The smallest absolute Gasteiger partial charge is 0.410 e. The average molecular weight is 322 g/mol. The number of hydrogen-bond donors (Lipinski definition) is 2. The number of carbonyl (C=O) groups excluding carboxylic acids is 1. The second kappa shape index (κ2) is 6.91. The van der Waals surface area contributed by atoms with Gasteiger partial charge in [-0.1, -0.05) is 6.92 Å². The van der Waals surface area contributed by atoms with Crippen LogP contribution in [0.2, 0.25) is 0 Å². The molecule has 0 spiro atoms. The quantitative estimate of drug-likeness (QED) is 0.893. The molecule has 1 unspecified atom stereocenters. The van der Waals surface area contributed by atoms with E-state index in [-0.39, 0.29) is 17.6 Å². The van der Waals surface area contributed by atoms with Crippen LogP contribution in [-0.2, 0) is 4.74 Å². The third kappa shape index (κ3) is 5.23.